The minimum absolute atomic E-state index is 0.00484. The van der Waals surface area contributed by atoms with Crippen LogP contribution in [-0.4, -0.2) is 41.9 Å². The van der Waals surface area contributed by atoms with E-state index >= 15 is 0 Å². The molecule has 1 amide bonds. The molecule has 6 nitrogen and oxygen atoms in total. The lowest BCUT2D eigenvalue weighted by Crippen LogP contribution is -2.56. The zero-order valence-corrected chi connectivity index (χ0v) is 20.6. The van der Waals surface area contributed by atoms with Gasteiger partial charge in [0.05, 0.1) is 23.4 Å². The molecule has 0 saturated carbocycles. The fraction of sp³-hybridized carbons (Fsp3) is 0.217. The van der Waals surface area contributed by atoms with Crippen LogP contribution in [0.15, 0.2) is 82.3 Å². The van der Waals surface area contributed by atoms with Gasteiger partial charge in [0, 0.05) is 5.75 Å². The van der Waals surface area contributed by atoms with E-state index in [1.165, 1.54) is 11.5 Å². The van der Waals surface area contributed by atoms with Gasteiger partial charge in [-0.05, 0) is 40.5 Å². The van der Waals surface area contributed by atoms with Crippen LogP contribution in [0, 0.1) is 0 Å². The second-order valence-corrected chi connectivity index (χ2v) is 11.2. The summed E-state index contributed by atoms with van der Waals surface area (Å²) in [4.78, 5) is 14.3. The molecule has 0 bridgehead atoms. The van der Waals surface area contributed by atoms with Gasteiger partial charge in [-0.2, -0.15) is 0 Å². The first-order valence-electron chi connectivity index (χ1n) is 10.3. The van der Waals surface area contributed by atoms with Gasteiger partial charge in [-0.3, -0.25) is 9.69 Å². The Morgan fingerprint density at radius 2 is 1.85 bits per heavy atom. The topological polar surface area (TPSA) is 81.3 Å². The third-order valence-corrected chi connectivity index (χ3v) is 8.87. The quantitative estimate of drug-likeness (QED) is 0.279. The Balaban J connectivity index is 1.49. The number of ether oxygens (including phenoxy) is 1. The largest absolute Gasteiger partial charge is 0.469 e. The number of rotatable bonds is 7. The molecular weight excluding hydrogens is 493 g/mol. The van der Waals surface area contributed by atoms with Crippen molar-refractivity contribution in [1.29, 1.82) is 0 Å². The van der Waals surface area contributed by atoms with Crippen molar-refractivity contribution in [3.8, 4) is 0 Å². The average Bonchev–Trinajstić information content (AvgIpc) is 3.36. The van der Waals surface area contributed by atoms with Gasteiger partial charge >= 0.3 is 0 Å². The SMILES string of the molecule is NC1S[C@@H]2CC(=O)N2C(C(=S)OC(c2ccccc2)c2ccccc2)=C1CSc1cnns1. The van der Waals surface area contributed by atoms with Crippen LogP contribution in [0.4, 0.5) is 0 Å². The molecule has 168 valence electrons. The van der Waals surface area contributed by atoms with Gasteiger partial charge in [0.25, 0.3) is 0 Å². The van der Waals surface area contributed by atoms with Crippen molar-refractivity contribution in [3.63, 3.8) is 0 Å². The molecule has 2 aliphatic heterocycles. The van der Waals surface area contributed by atoms with E-state index in [0.717, 1.165) is 20.9 Å². The molecule has 2 aliphatic rings. The normalized spacial score (nSPS) is 19.9. The Bertz CT molecular complexity index is 1130. The summed E-state index contributed by atoms with van der Waals surface area (Å²) in [6, 6.07) is 19.9. The van der Waals surface area contributed by atoms with Crippen molar-refractivity contribution in [2.24, 2.45) is 5.73 Å². The maximum Gasteiger partial charge on any atom is 0.231 e. The lowest BCUT2D eigenvalue weighted by molar-refractivity contribution is -0.138. The lowest BCUT2D eigenvalue weighted by atomic mass is 10.0. The van der Waals surface area contributed by atoms with Crippen LogP contribution < -0.4 is 5.73 Å². The number of aromatic nitrogens is 2. The Morgan fingerprint density at radius 3 is 2.42 bits per heavy atom. The highest BCUT2D eigenvalue weighted by atomic mass is 32.2. The van der Waals surface area contributed by atoms with E-state index in [2.05, 4.69) is 9.59 Å². The van der Waals surface area contributed by atoms with E-state index in [1.54, 1.807) is 34.6 Å². The van der Waals surface area contributed by atoms with E-state index in [4.69, 9.17) is 22.7 Å². The summed E-state index contributed by atoms with van der Waals surface area (Å²) in [5.41, 5.74) is 10.0. The van der Waals surface area contributed by atoms with E-state index in [-0.39, 0.29) is 16.7 Å². The van der Waals surface area contributed by atoms with Gasteiger partial charge in [0.1, 0.15) is 16.0 Å². The summed E-state index contributed by atoms with van der Waals surface area (Å²) in [5, 5.41) is 3.91. The smallest absolute Gasteiger partial charge is 0.231 e. The number of thiocarbonyl (C=S) groups is 1. The fourth-order valence-corrected chi connectivity index (χ4v) is 7.01. The molecular formula is C23H20N4O2S4. The second kappa shape index (κ2) is 9.94. The minimum atomic E-state index is -0.396. The number of amides is 1. The van der Waals surface area contributed by atoms with Crippen LogP contribution in [0.3, 0.4) is 0 Å². The summed E-state index contributed by atoms with van der Waals surface area (Å²) < 4.78 is 11.4. The predicted molar refractivity (Wildman–Crippen MR) is 137 cm³/mol. The van der Waals surface area contributed by atoms with Gasteiger partial charge in [0.15, 0.2) is 0 Å². The highest BCUT2D eigenvalue weighted by Crippen LogP contribution is 2.45. The average molecular weight is 513 g/mol. The van der Waals surface area contributed by atoms with Crippen molar-refractivity contribution in [2.75, 3.05) is 5.75 Å². The molecule has 0 spiro atoms. The molecule has 1 fully saturated rings. The molecule has 3 heterocycles. The summed E-state index contributed by atoms with van der Waals surface area (Å²) >= 11 is 10.3. The summed E-state index contributed by atoms with van der Waals surface area (Å²) in [7, 11) is 0. The molecule has 5 rings (SSSR count). The first-order valence-corrected chi connectivity index (χ1v) is 13.4. The highest BCUT2D eigenvalue weighted by molar-refractivity contribution is 8.02. The lowest BCUT2D eigenvalue weighted by Gasteiger charge is -2.47. The first kappa shape index (κ1) is 22.5. The fourth-order valence-electron chi connectivity index (χ4n) is 3.80. The third kappa shape index (κ3) is 4.71. The summed E-state index contributed by atoms with van der Waals surface area (Å²) in [6.45, 7) is 0. The molecule has 1 unspecified atom stereocenters. The number of benzene rings is 2. The molecule has 0 aliphatic carbocycles. The molecule has 2 aromatic carbocycles. The van der Waals surface area contributed by atoms with Crippen LogP contribution in [-0.2, 0) is 9.53 Å². The second-order valence-electron chi connectivity index (χ2n) is 7.48. The predicted octanol–water partition coefficient (Wildman–Crippen LogP) is 4.61. The van der Waals surface area contributed by atoms with Crippen LogP contribution in [0.25, 0.3) is 0 Å². The standard InChI is InChI=1S/C23H20N4O2S4/c24-22-16(13-31-19-12-25-26-33-19)20(27-17(28)11-18(27)32-22)23(30)29-21(14-7-3-1-4-8-14)15-9-5-2-6-10-15/h1-10,12,18,21-22H,11,13,24H2/t18-,22?/m1/s1. The number of thioether (sulfide) groups is 2. The maximum absolute atomic E-state index is 12.6. The molecule has 33 heavy (non-hydrogen) atoms. The molecule has 2 atom stereocenters. The molecule has 1 aromatic heterocycles. The van der Waals surface area contributed by atoms with E-state index in [0.29, 0.717) is 22.9 Å². The number of carbonyl (C=O) groups excluding carboxylic acids is 1. The van der Waals surface area contributed by atoms with Crippen molar-refractivity contribution in [1.82, 2.24) is 14.5 Å². The number of hydrogen-bond acceptors (Lipinski definition) is 9. The first-order chi connectivity index (χ1) is 16.1. The van der Waals surface area contributed by atoms with Crippen molar-refractivity contribution in [3.05, 3.63) is 89.3 Å². The number of carbonyl (C=O) groups is 1. The van der Waals surface area contributed by atoms with Crippen LogP contribution in [0.2, 0.25) is 0 Å². The summed E-state index contributed by atoms with van der Waals surface area (Å²) in [5.74, 6) is 0.618. The number of nitrogens with zero attached hydrogens (tertiary/aromatic N) is 3. The highest BCUT2D eigenvalue weighted by Gasteiger charge is 2.47. The third-order valence-electron chi connectivity index (χ3n) is 5.43. The van der Waals surface area contributed by atoms with E-state index in [9.17, 15) is 4.79 Å². The number of fused-ring (bicyclic) bond motifs is 1. The molecule has 2 N–H and O–H groups in total. The van der Waals surface area contributed by atoms with Gasteiger partial charge in [-0.1, -0.05) is 65.2 Å². The Hall–Kier alpha value is -2.24. The van der Waals surface area contributed by atoms with E-state index in [1.807, 2.05) is 60.7 Å². The van der Waals surface area contributed by atoms with Crippen LogP contribution >= 0.6 is 47.3 Å². The number of nitrogens with two attached hydrogens (primary N) is 1. The number of β-lactam (4-membered cyclic amide) rings is 1. The Morgan fingerprint density at radius 1 is 1.18 bits per heavy atom. The van der Waals surface area contributed by atoms with Crippen LogP contribution in [0.5, 0.6) is 0 Å². The molecule has 3 aromatic rings. The maximum atomic E-state index is 12.6. The van der Waals surface area contributed by atoms with Gasteiger partial charge in [-0.25, -0.2) is 0 Å². The Labute approximate surface area is 209 Å². The molecule has 0 radical (unpaired) electrons. The Kier molecular flexibility index (Phi) is 6.79. The molecule has 1 saturated heterocycles. The minimum Gasteiger partial charge on any atom is -0.469 e. The zero-order chi connectivity index (χ0) is 22.8. The summed E-state index contributed by atoms with van der Waals surface area (Å²) in [6.07, 6.45) is 1.79. The monoisotopic (exact) mass is 512 g/mol. The van der Waals surface area contributed by atoms with Crippen molar-refractivity contribution in [2.45, 2.75) is 27.5 Å². The van der Waals surface area contributed by atoms with Gasteiger partial charge in [-0.15, -0.1) is 28.6 Å². The molecule has 10 heteroatoms. The van der Waals surface area contributed by atoms with Crippen molar-refractivity contribution >= 4 is 58.2 Å². The number of hydrogen-bond donors (Lipinski definition) is 1. The van der Waals surface area contributed by atoms with Crippen molar-refractivity contribution < 1.29 is 9.53 Å². The van der Waals surface area contributed by atoms with Crippen LogP contribution in [0.1, 0.15) is 23.7 Å². The van der Waals surface area contributed by atoms with Gasteiger partial charge in [0.2, 0.25) is 11.0 Å². The van der Waals surface area contributed by atoms with E-state index < -0.39 is 6.10 Å². The zero-order valence-electron chi connectivity index (χ0n) is 17.4. The van der Waals surface area contributed by atoms with Gasteiger partial charge < -0.3 is 10.5 Å².